The molecular weight excluding hydrogens is 198 g/mol. The van der Waals surface area contributed by atoms with Crippen LogP contribution in [0, 0.1) is 0 Å². The number of nitrogens with zero attached hydrogens (tertiary/aromatic N) is 1. The van der Waals surface area contributed by atoms with E-state index in [1.807, 2.05) is 18.2 Å². The zero-order valence-electron chi connectivity index (χ0n) is 10.4. The molecule has 0 heterocycles. The van der Waals surface area contributed by atoms with Crippen LogP contribution in [0.1, 0.15) is 19.4 Å². The van der Waals surface area contributed by atoms with Crippen LogP contribution >= 0.6 is 0 Å². The maximum atomic E-state index is 5.14. The molecule has 88 valence electrons. The number of hydrogen-bond donors (Lipinski definition) is 0. The normalized spacial score (nSPS) is 10.8. The highest BCUT2D eigenvalue weighted by Gasteiger charge is 2.07. The molecule has 0 spiro atoms. The van der Waals surface area contributed by atoms with E-state index in [9.17, 15) is 0 Å². The fourth-order valence-corrected chi connectivity index (χ4v) is 1.59. The Morgan fingerprint density at radius 2 is 1.94 bits per heavy atom. The molecule has 0 N–H and O–H groups in total. The number of ether oxygens (including phenoxy) is 1. The van der Waals surface area contributed by atoms with Crippen LogP contribution in [0.3, 0.4) is 0 Å². The van der Waals surface area contributed by atoms with Crippen LogP contribution < -0.4 is 4.74 Å². The molecule has 0 aromatic heterocycles. The molecule has 0 atom stereocenters. The lowest BCUT2D eigenvalue weighted by Gasteiger charge is -2.25. The number of hydrogen-bond acceptors (Lipinski definition) is 2. The molecule has 0 saturated carbocycles. The van der Waals surface area contributed by atoms with Crippen LogP contribution in [0.15, 0.2) is 36.9 Å². The summed E-state index contributed by atoms with van der Waals surface area (Å²) in [5.74, 6) is 0.906. The van der Waals surface area contributed by atoms with Crippen molar-refractivity contribution in [3.05, 3.63) is 42.5 Å². The van der Waals surface area contributed by atoms with Crippen molar-refractivity contribution in [1.29, 1.82) is 0 Å². The fraction of sp³-hybridized carbons (Fsp3) is 0.429. The van der Waals surface area contributed by atoms with Gasteiger partial charge in [0, 0.05) is 19.1 Å². The predicted molar refractivity (Wildman–Crippen MR) is 68.7 cm³/mol. The summed E-state index contributed by atoms with van der Waals surface area (Å²) in [5, 5.41) is 0. The van der Waals surface area contributed by atoms with E-state index in [2.05, 4.69) is 37.5 Å². The molecule has 16 heavy (non-hydrogen) atoms. The SMILES string of the molecule is C=CCN(Cc1ccc(OC)cc1)C(C)C. The van der Waals surface area contributed by atoms with Gasteiger partial charge in [-0.3, -0.25) is 4.90 Å². The van der Waals surface area contributed by atoms with E-state index < -0.39 is 0 Å². The zero-order chi connectivity index (χ0) is 12.0. The summed E-state index contributed by atoms with van der Waals surface area (Å²) >= 11 is 0. The first-order valence-electron chi connectivity index (χ1n) is 5.65. The van der Waals surface area contributed by atoms with Crippen LogP contribution in [-0.2, 0) is 6.54 Å². The van der Waals surface area contributed by atoms with Crippen LogP contribution in [-0.4, -0.2) is 24.6 Å². The first-order valence-corrected chi connectivity index (χ1v) is 5.65. The first-order chi connectivity index (χ1) is 7.67. The van der Waals surface area contributed by atoms with Crippen molar-refractivity contribution in [3.8, 4) is 5.75 Å². The third-order valence-corrected chi connectivity index (χ3v) is 2.64. The van der Waals surface area contributed by atoms with Gasteiger partial charge in [0.15, 0.2) is 0 Å². The Morgan fingerprint density at radius 1 is 1.31 bits per heavy atom. The van der Waals surface area contributed by atoms with Gasteiger partial charge in [-0.05, 0) is 31.5 Å². The molecule has 1 aromatic carbocycles. The summed E-state index contributed by atoms with van der Waals surface area (Å²) in [7, 11) is 1.69. The lowest BCUT2D eigenvalue weighted by Crippen LogP contribution is -2.30. The van der Waals surface area contributed by atoms with Crippen molar-refractivity contribution >= 4 is 0 Å². The van der Waals surface area contributed by atoms with Crippen molar-refractivity contribution in [2.75, 3.05) is 13.7 Å². The summed E-state index contributed by atoms with van der Waals surface area (Å²) in [4.78, 5) is 2.37. The number of benzene rings is 1. The predicted octanol–water partition coefficient (Wildman–Crippen LogP) is 3.09. The zero-order valence-corrected chi connectivity index (χ0v) is 10.4. The lowest BCUT2D eigenvalue weighted by atomic mass is 10.2. The molecular formula is C14H21NO. The van der Waals surface area contributed by atoms with Crippen LogP contribution in [0.2, 0.25) is 0 Å². The quantitative estimate of drug-likeness (QED) is 0.682. The molecule has 0 aliphatic heterocycles. The van der Waals surface area contributed by atoms with E-state index in [0.29, 0.717) is 6.04 Å². The Labute approximate surface area is 98.5 Å². The second-order valence-electron chi connectivity index (χ2n) is 4.16. The molecule has 2 nitrogen and oxygen atoms in total. The monoisotopic (exact) mass is 219 g/mol. The summed E-state index contributed by atoms with van der Waals surface area (Å²) in [6.45, 7) is 10.1. The Balaban J connectivity index is 2.65. The minimum atomic E-state index is 0.528. The molecule has 0 aliphatic rings. The molecule has 0 aliphatic carbocycles. The van der Waals surface area contributed by atoms with Gasteiger partial charge in [-0.25, -0.2) is 0 Å². The molecule has 0 amide bonds. The number of methoxy groups -OCH3 is 1. The van der Waals surface area contributed by atoms with E-state index in [1.165, 1.54) is 5.56 Å². The topological polar surface area (TPSA) is 12.5 Å². The summed E-state index contributed by atoms with van der Waals surface area (Å²) in [6.07, 6.45) is 1.95. The maximum Gasteiger partial charge on any atom is 0.118 e. The first kappa shape index (κ1) is 12.8. The minimum absolute atomic E-state index is 0.528. The van der Waals surface area contributed by atoms with Crippen LogP contribution in [0.25, 0.3) is 0 Å². The average Bonchev–Trinajstić information content (AvgIpc) is 2.29. The van der Waals surface area contributed by atoms with E-state index in [0.717, 1.165) is 18.8 Å². The van der Waals surface area contributed by atoms with Gasteiger partial charge in [-0.15, -0.1) is 6.58 Å². The van der Waals surface area contributed by atoms with E-state index in [-0.39, 0.29) is 0 Å². The maximum absolute atomic E-state index is 5.14. The van der Waals surface area contributed by atoms with Crippen molar-refractivity contribution in [1.82, 2.24) is 4.90 Å². The van der Waals surface area contributed by atoms with Crippen molar-refractivity contribution < 1.29 is 4.74 Å². The molecule has 0 bridgehead atoms. The second kappa shape index (κ2) is 6.33. The Bertz CT molecular complexity index is 316. The summed E-state index contributed by atoms with van der Waals surface area (Å²) in [5.41, 5.74) is 1.30. The molecule has 2 heteroatoms. The van der Waals surface area contributed by atoms with Crippen molar-refractivity contribution in [3.63, 3.8) is 0 Å². The van der Waals surface area contributed by atoms with E-state index >= 15 is 0 Å². The van der Waals surface area contributed by atoms with E-state index in [1.54, 1.807) is 7.11 Å². The van der Waals surface area contributed by atoms with E-state index in [4.69, 9.17) is 4.74 Å². The summed E-state index contributed by atoms with van der Waals surface area (Å²) < 4.78 is 5.14. The summed E-state index contributed by atoms with van der Waals surface area (Å²) in [6, 6.07) is 8.75. The molecule has 1 aromatic rings. The molecule has 0 radical (unpaired) electrons. The van der Waals surface area contributed by atoms with Gasteiger partial charge in [0.05, 0.1) is 7.11 Å². The third-order valence-electron chi connectivity index (χ3n) is 2.64. The lowest BCUT2D eigenvalue weighted by molar-refractivity contribution is 0.237. The Morgan fingerprint density at radius 3 is 2.38 bits per heavy atom. The van der Waals surface area contributed by atoms with Crippen LogP contribution in [0.4, 0.5) is 0 Å². The van der Waals surface area contributed by atoms with Crippen LogP contribution in [0.5, 0.6) is 5.75 Å². The van der Waals surface area contributed by atoms with Crippen molar-refractivity contribution in [2.45, 2.75) is 26.4 Å². The van der Waals surface area contributed by atoms with Gasteiger partial charge in [0.25, 0.3) is 0 Å². The molecule has 1 rings (SSSR count). The van der Waals surface area contributed by atoms with Gasteiger partial charge in [-0.2, -0.15) is 0 Å². The number of rotatable bonds is 6. The highest BCUT2D eigenvalue weighted by molar-refractivity contribution is 5.27. The molecule has 0 fully saturated rings. The smallest absolute Gasteiger partial charge is 0.118 e. The van der Waals surface area contributed by atoms with Gasteiger partial charge in [-0.1, -0.05) is 18.2 Å². The van der Waals surface area contributed by atoms with Gasteiger partial charge in [0.1, 0.15) is 5.75 Å². The highest BCUT2D eigenvalue weighted by Crippen LogP contribution is 2.14. The third kappa shape index (κ3) is 3.70. The standard InChI is InChI=1S/C14H21NO/c1-5-10-15(12(2)3)11-13-6-8-14(16-4)9-7-13/h5-9,12H,1,10-11H2,2-4H3. The Hall–Kier alpha value is -1.28. The average molecular weight is 219 g/mol. The van der Waals surface area contributed by atoms with Gasteiger partial charge >= 0.3 is 0 Å². The van der Waals surface area contributed by atoms with Crippen molar-refractivity contribution in [2.24, 2.45) is 0 Å². The van der Waals surface area contributed by atoms with Gasteiger partial charge in [0.2, 0.25) is 0 Å². The molecule has 0 unspecified atom stereocenters. The minimum Gasteiger partial charge on any atom is -0.497 e. The highest BCUT2D eigenvalue weighted by atomic mass is 16.5. The fourth-order valence-electron chi connectivity index (χ4n) is 1.59. The Kier molecular flexibility index (Phi) is 5.06. The second-order valence-corrected chi connectivity index (χ2v) is 4.16. The largest absolute Gasteiger partial charge is 0.497 e. The molecule has 0 saturated heterocycles. The van der Waals surface area contributed by atoms with Gasteiger partial charge < -0.3 is 4.74 Å².